The summed E-state index contributed by atoms with van der Waals surface area (Å²) in [4.78, 5) is 13.2. The number of allylic oxidation sites excluding steroid dienone is 1. The molecule has 4 rings (SSSR count). The smallest absolute Gasteiger partial charge is 0.255 e. The summed E-state index contributed by atoms with van der Waals surface area (Å²) in [7, 11) is 1.53. The molecule has 1 aromatic heterocycles. The standard InChI is InChI=1S/C19H17FN6O2/c1-11-16(18(27)22-14-5-3-4-6-15(14)28-2)17(12-7-9-13(20)10-8-12)26-19(21-11)23-24-25-26/h3-10,17H,1-2H3,(H,22,27)(H,21,23,25)/t17-/m1/s1. The molecule has 0 saturated heterocycles. The van der Waals surface area contributed by atoms with Gasteiger partial charge in [-0.25, -0.2) is 4.39 Å². The topological polar surface area (TPSA) is 94.0 Å². The molecule has 1 amide bonds. The summed E-state index contributed by atoms with van der Waals surface area (Å²) in [5.74, 6) is 0.236. The minimum atomic E-state index is -0.610. The second-order valence-electron chi connectivity index (χ2n) is 6.22. The SMILES string of the molecule is COc1ccccc1NC(=O)C1=C(C)Nc2nnnn2[C@@H]1c1ccc(F)cc1. The second-order valence-corrected chi connectivity index (χ2v) is 6.22. The van der Waals surface area contributed by atoms with Gasteiger partial charge in [0.1, 0.15) is 17.6 Å². The molecular formula is C19H17FN6O2. The number of para-hydroxylation sites is 2. The van der Waals surface area contributed by atoms with Crippen molar-refractivity contribution in [2.75, 3.05) is 17.7 Å². The highest BCUT2D eigenvalue weighted by atomic mass is 19.1. The van der Waals surface area contributed by atoms with E-state index in [1.807, 2.05) is 6.07 Å². The number of rotatable bonds is 4. The number of nitrogens with zero attached hydrogens (tertiary/aromatic N) is 4. The lowest BCUT2D eigenvalue weighted by Gasteiger charge is -2.28. The third-order valence-corrected chi connectivity index (χ3v) is 4.50. The molecule has 8 nitrogen and oxygen atoms in total. The van der Waals surface area contributed by atoms with Gasteiger partial charge < -0.3 is 15.4 Å². The molecule has 9 heteroatoms. The van der Waals surface area contributed by atoms with Crippen LogP contribution in [0.4, 0.5) is 16.0 Å². The molecule has 0 bridgehead atoms. The summed E-state index contributed by atoms with van der Waals surface area (Å²) in [6.07, 6.45) is 0. The molecule has 1 atom stereocenters. The fourth-order valence-electron chi connectivity index (χ4n) is 3.20. The Bertz CT molecular complexity index is 1060. The van der Waals surface area contributed by atoms with Crippen LogP contribution in [-0.4, -0.2) is 33.2 Å². The fourth-order valence-corrected chi connectivity index (χ4v) is 3.20. The van der Waals surface area contributed by atoms with Crippen LogP contribution in [0.2, 0.25) is 0 Å². The number of aromatic nitrogens is 4. The van der Waals surface area contributed by atoms with Crippen molar-refractivity contribution in [1.82, 2.24) is 20.2 Å². The first-order valence-corrected chi connectivity index (χ1v) is 8.54. The van der Waals surface area contributed by atoms with Crippen molar-refractivity contribution in [3.63, 3.8) is 0 Å². The molecule has 142 valence electrons. The van der Waals surface area contributed by atoms with E-state index in [0.717, 1.165) is 0 Å². The highest BCUT2D eigenvalue weighted by Crippen LogP contribution is 2.35. The van der Waals surface area contributed by atoms with Gasteiger partial charge in [0.25, 0.3) is 5.91 Å². The third-order valence-electron chi connectivity index (χ3n) is 4.50. The Labute approximate surface area is 160 Å². The lowest BCUT2D eigenvalue weighted by atomic mass is 9.95. The van der Waals surface area contributed by atoms with Gasteiger partial charge in [-0.3, -0.25) is 4.79 Å². The molecule has 0 spiro atoms. The lowest BCUT2D eigenvalue weighted by Crippen LogP contribution is -2.31. The number of nitrogens with one attached hydrogen (secondary N) is 2. The average Bonchev–Trinajstić information content (AvgIpc) is 3.16. The minimum Gasteiger partial charge on any atom is -0.495 e. The van der Waals surface area contributed by atoms with Gasteiger partial charge in [-0.15, -0.1) is 0 Å². The Morgan fingerprint density at radius 2 is 1.96 bits per heavy atom. The molecule has 0 radical (unpaired) electrons. The highest BCUT2D eigenvalue weighted by molar-refractivity contribution is 6.06. The Hall–Kier alpha value is -3.75. The number of ether oxygens (including phenoxy) is 1. The van der Waals surface area contributed by atoms with Crippen molar-refractivity contribution in [2.45, 2.75) is 13.0 Å². The van der Waals surface area contributed by atoms with E-state index in [4.69, 9.17) is 4.74 Å². The van der Waals surface area contributed by atoms with Crippen molar-refractivity contribution >= 4 is 17.5 Å². The van der Waals surface area contributed by atoms with Crippen molar-refractivity contribution in [3.8, 4) is 5.75 Å². The van der Waals surface area contributed by atoms with E-state index >= 15 is 0 Å². The van der Waals surface area contributed by atoms with Crippen molar-refractivity contribution in [3.05, 3.63) is 71.2 Å². The number of benzene rings is 2. The number of halogens is 1. The van der Waals surface area contributed by atoms with Crippen LogP contribution in [0.5, 0.6) is 5.75 Å². The van der Waals surface area contributed by atoms with E-state index < -0.39 is 6.04 Å². The third kappa shape index (κ3) is 3.07. The zero-order chi connectivity index (χ0) is 19.7. The summed E-state index contributed by atoms with van der Waals surface area (Å²) in [5.41, 5.74) is 2.23. The van der Waals surface area contributed by atoms with Crippen LogP contribution >= 0.6 is 0 Å². The van der Waals surface area contributed by atoms with E-state index in [9.17, 15) is 9.18 Å². The maximum atomic E-state index is 13.4. The molecule has 1 aliphatic rings. The number of anilines is 2. The molecule has 2 N–H and O–H groups in total. The summed E-state index contributed by atoms with van der Waals surface area (Å²) >= 11 is 0. The fraction of sp³-hybridized carbons (Fsp3) is 0.158. The van der Waals surface area contributed by atoms with Gasteiger partial charge in [0.05, 0.1) is 18.4 Å². The highest BCUT2D eigenvalue weighted by Gasteiger charge is 2.34. The molecule has 0 unspecified atom stereocenters. The predicted molar refractivity (Wildman–Crippen MR) is 100 cm³/mol. The van der Waals surface area contributed by atoms with Crippen molar-refractivity contribution in [1.29, 1.82) is 0 Å². The van der Waals surface area contributed by atoms with Crippen LogP contribution in [0.1, 0.15) is 18.5 Å². The summed E-state index contributed by atoms with van der Waals surface area (Å²) in [6.45, 7) is 1.77. The molecule has 28 heavy (non-hydrogen) atoms. The van der Waals surface area contributed by atoms with Crippen LogP contribution in [0.25, 0.3) is 0 Å². The number of amides is 1. The first-order valence-electron chi connectivity index (χ1n) is 8.54. The molecule has 0 saturated carbocycles. The molecule has 0 fully saturated rings. The van der Waals surface area contributed by atoms with E-state index in [0.29, 0.717) is 34.2 Å². The number of hydrogen-bond acceptors (Lipinski definition) is 6. The summed E-state index contributed by atoms with van der Waals surface area (Å²) in [6, 6.07) is 12.4. The number of carbonyl (C=O) groups is 1. The normalized spacial score (nSPS) is 15.6. The monoisotopic (exact) mass is 380 g/mol. The van der Waals surface area contributed by atoms with Crippen LogP contribution in [0.3, 0.4) is 0 Å². The molecule has 0 aliphatic carbocycles. The molecule has 3 aromatic rings. The minimum absolute atomic E-state index is 0.343. The van der Waals surface area contributed by atoms with Gasteiger partial charge in [0.15, 0.2) is 0 Å². The van der Waals surface area contributed by atoms with Crippen molar-refractivity contribution in [2.24, 2.45) is 0 Å². The molecule has 2 aromatic carbocycles. The van der Waals surface area contributed by atoms with E-state index in [-0.39, 0.29) is 11.7 Å². The first-order chi connectivity index (χ1) is 13.6. The van der Waals surface area contributed by atoms with Crippen molar-refractivity contribution < 1.29 is 13.9 Å². The predicted octanol–water partition coefficient (Wildman–Crippen LogP) is 2.75. The summed E-state index contributed by atoms with van der Waals surface area (Å²) < 4.78 is 20.2. The number of hydrogen-bond donors (Lipinski definition) is 2. The first kappa shape index (κ1) is 17.7. The Morgan fingerprint density at radius 1 is 1.21 bits per heavy atom. The summed E-state index contributed by atoms with van der Waals surface area (Å²) in [5, 5.41) is 17.5. The number of fused-ring (bicyclic) bond motifs is 1. The molecular weight excluding hydrogens is 363 g/mol. The van der Waals surface area contributed by atoms with Gasteiger partial charge in [0.2, 0.25) is 5.95 Å². The number of carbonyl (C=O) groups excluding carboxylic acids is 1. The lowest BCUT2D eigenvalue weighted by molar-refractivity contribution is -0.113. The van der Waals surface area contributed by atoms with Gasteiger partial charge in [-0.1, -0.05) is 29.4 Å². The number of methoxy groups -OCH3 is 1. The maximum Gasteiger partial charge on any atom is 0.255 e. The molecule has 1 aliphatic heterocycles. The molecule has 2 heterocycles. The van der Waals surface area contributed by atoms with Crippen LogP contribution in [0.15, 0.2) is 59.8 Å². The van der Waals surface area contributed by atoms with Crippen LogP contribution < -0.4 is 15.4 Å². The second kappa shape index (κ2) is 7.10. The van der Waals surface area contributed by atoms with Gasteiger partial charge in [0, 0.05) is 5.70 Å². The van der Waals surface area contributed by atoms with Gasteiger partial charge in [-0.2, -0.15) is 4.68 Å². The Morgan fingerprint density at radius 3 is 2.71 bits per heavy atom. The maximum absolute atomic E-state index is 13.4. The van der Waals surface area contributed by atoms with Gasteiger partial charge >= 0.3 is 0 Å². The van der Waals surface area contributed by atoms with Crippen LogP contribution in [-0.2, 0) is 4.79 Å². The van der Waals surface area contributed by atoms with Crippen LogP contribution in [0, 0.1) is 5.82 Å². The van der Waals surface area contributed by atoms with Gasteiger partial charge in [-0.05, 0) is 47.2 Å². The van der Waals surface area contributed by atoms with E-state index in [1.54, 1.807) is 37.3 Å². The Kier molecular flexibility index (Phi) is 4.48. The van der Waals surface area contributed by atoms with E-state index in [1.165, 1.54) is 23.9 Å². The number of tetrazole rings is 1. The largest absolute Gasteiger partial charge is 0.495 e. The Balaban J connectivity index is 1.76. The average molecular weight is 380 g/mol. The zero-order valence-electron chi connectivity index (χ0n) is 15.2. The van der Waals surface area contributed by atoms with E-state index in [2.05, 4.69) is 26.2 Å². The quantitative estimate of drug-likeness (QED) is 0.723. The zero-order valence-corrected chi connectivity index (χ0v) is 15.2.